The third-order valence-corrected chi connectivity index (χ3v) is 0. The average Bonchev–Trinajstić information content (AvgIpc) is 0. The van der Waals surface area contributed by atoms with Crippen LogP contribution in [0.4, 0.5) is 0 Å². The molecule has 0 radical (unpaired) electrons. The fourth-order valence-electron chi connectivity index (χ4n) is 0. The topological polar surface area (TPSA) is 0 Å². The van der Waals surface area contributed by atoms with Gasteiger partial charge in [-0.3, -0.25) is 0 Å². The van der Waals surface area contributed by atoms with Crippen LogP contribution >= 0.6 is 49.6 Å². The second kappa shape index (κ2) is 36.2. The summed E-state index contributed by atoms with van der Waals surface area (Å²) >= 11 is 0. The van der Waals surface area contributed by atoms with Crippen LogP contribution in [0.2, 0.25) is 0 Å². The summed E-state index contributed by atoms with van der Waals surface area (Å²) in [6.07, 6.45) is 0. The van der Waals surface area contributed by atoms with Crippen molar-refractivity contribution in [2.24, 2.45) is 0 Å². The van der Waals surface area contributed by atoms with Gasteiger partial charge in [0.15, 0.2) is 0 Å². The van der Waals surface area contributed by atoms with E-state index in [9.17, 15) is 0 Å². The minimum absolute atomic E-state index is 0. The van der Waals surface area contributed by atoms with E-state index in [4.69, 9.17) is 0 Å². The minimum atomic E-state index is 0. The van der Waals surface area contributed by atoms with Crippen LogP contribution < -0.4 is 0 Å². The smallest absolute Gasteiger partial charge is 0 e. The normalized spacial score (nSPS) is 0. The van der Waals surface area contributed by atoms with E-state index in [1.807, 2.05) is 0 Å². The molecule has 0 bridgehead atoms. The largest absolute Gasteiger partial charge is 0.147 e. The molecule has 0 fully saturated rings. The molecule has 0 heterocycles. The molecule has 0 spiro atoms. The zero-order chi connectivity index (χ0) is 0. The molecule has 5 heteroatoms. The molecule has 0 amide bonds. The van der Waals surface area contributed by atoms with Crippen LogP contribution in [0.25, 0.3) is 0 Å². The molecule has 0 aliphatic heterocycles. The fourth-order valence-corrected chi connectivity index (χ4v) is 0. The van der Waals surface area contributed by atoms with Gasteiger partial charge < -0.3 is 0 Å². The van der Waals surface area contributed by atoms with E-state index in [0.717, 1.165) is 0 Å². The van der Waals surface area contributed by atoms with Gasteiger partial charge in [-0.2, -0.15) is 0 Å². The van der Waals surface area contributed by atoms with Crippen molar-refractivity contribution in [1.82, 2.24) is 0 Å². The molecule has 0 aliphatic carbocycles. The Morgan fingerprint density at radius 1 is 0.400 bits per heavy atom. The first-order valence-electron chi connectivity index (χ1n) is 0. The van der Waals surface area contributed by atoms with Crippen LogP contribution in [0.5, 0.6) is 0 Å². The third-order valence-electron chi connectivity index (χ3n) is 0. The van der Waals surface area contributed by atoms with Gasteiger partial charge in [0.2, 0.25) is 0 Å². The molecule has 0 aromatic carbocycles. The predicted molar refractivity (Wildman–Crippen MR) is 29.0 cm³/mol. The second-order valence-corrected chi connectivity index (χ2v) is 0. The second-order valence-electron chi connectivity index (χ2n) is 0. The zero-order valence-corrected chi connectivity index (χ0v) is 9.64. The fraction of sp³-hybridized carbons (Fsp3) is 0. The molecule has 5 heavy (non-hydrogen) atoms. The summed E-state index contributed by atoms with van der Waals surface area (Å²) in [7, 11) is 0. The Bertz CT molecular complexity index is 3.61. The van der Waals surface area contributed by atoms with Gasteiger partial charge in [0.1, 0.15) is 0 Å². The van der Waals surface area contributed by atoms with E-state index < -0.39 is 0 Å². The molecule has 0 nitrogen and oxygen atoms in total. The molecule has 0 aromatic heterocycles. The van der Waals surface area contributed by atoms with Crippen molar-refractivity contribution < 1.29 is 27.3 Å². The standard InChI is InChI=1S/Cd.4ClH/h;4*1H. The molecule has 0 N–H and O–H groups in total. The summed E-state index contributed by atoms with van der Waals surface area (Å²) in [5.41, 5.74) is 0. The maximum atomic E-state index is 0. The average molecular weight is 258 g/mol. The Balaban J connectivity index is 0. The molecule has 0 rings (SSSR count). The van der Waals surface area contributed by atoms with Crippen LogP contribution in [0, 0.1) is 0 Å². The maximum absolute atomic E-state index is 0. The first kappa shape index (κ1) is 60.4. The van der Waals surface area contributed by atoms with Gasteiger partial charge in [-0.1, -0.05) is 0 Å². The molecular formula is H4CdCl4. The van der Waals surface area contributed by atoms with Crippen LogP contribution in [0.1, 0.15) is 0 Å². The van der Waals surface area contributed by atoms with Crippen molar-refractivity contribution in [3.8, 4) is 0 Å². The summed E-state index contributed by atoms with van der Waals surface area (Å²) in [5.74, 6) is 0. The summed E-state index contributed by atoms with van der Waals surface area (Å²) in [6.45, 7) is 0. The van der Waals surface area contributed by atoms with E-state index in [1.54, 1.807) is 0 Å². The molecule has 0 saturated heterocycles. The van der Waals surface area contributed by atoms with Gasteiger partial charge in [0.05, 0.1) is 0 Å². The molecule has 34 valence electrons. The first-order valence-corrected chi connectivity index (χ1v) is 0. The van der Waals surface area contributed by atoms with Crippen molar-refractivity contribution >= 4 is 49.6 Å². The van der Waals surface area contributed by atoms with Gasteiger partial charge in [-0.25, -0.2) is 0 Å². The van der Waals surface area contributed by atoms with E-state index in [2.05, 4.69) is 0 Å². The van der Waals surface area contributed by atoms with E-state index in [1.165, 1.54) is 0 Å². The molecule has 0 aromatic rings. The molecule has 0 saturated carbocycles. The van der Waals surface area contributed by atoms with Crippen LogP contribution in [-0.2, 0) is 27.3 Å². The van der Waals surface area contributed by atoms with Gasteiger partial charge >= 0.3 is 0 Å². The van der Waals surface area contributed by atoms with Gasteiger partial charge in [-0.05, 0) is 0 Å². The quantitative estimate of drug-likeness (QED) is 0.580. The van der Waals surface area contributed by atoms with Crippen molar-refractivity contribution in [2.45, 2.75) is 0 Å². The van der Waals surface area contributed by atoms with E-state index in [-0.39, 0.29) is 76.9 Å². The monoisotopic (exact) mass is 258 g/mol. The molecule has 0 unspecified atom stereocenters. The van der Waals surface area contributed by atoms with Crippen molar-refractivity contribution in [2.75, 3.05) is 0 Å². The SMILES string of the molecule is Cl.Cl.Cl.Cl.[Cd]. The zero-order valence-electron chi connectivity index (χ0n) is 2.34. The summed E-state index contributed by atoms with van der Waals surface area (Å²) in [6, 6.07) is 0. The van der Waals surface area contributed by atoms with Gasteiger partial charge in [-0.15, -0.1) is 49.6 Å². The Morgan fingerprint density at radius 2 is 0.400 bits per heavy atom. The Hall–Kier alpha value is 2.08. The van der Waals surface area contributed by atoms with Crippen LogP contribution in [0.15, 0.2) is 0 Å². The van der Waals surface area contributed by atoms with Crippen LogP contribution in [-0.4, -0.2) is 0 Å². The van der Waals surface area contributed by atoms with Crippen molar-refractivity contribution in [3.05, 3.63) is 0 Å². The van der Waals surface area contributed by atoms with Crippen LogP contribution in [0.3, 0.4) is 0 Å². The molecule has 0 aliphatic rings. The number of hydrogen-bond acceptors (Lipinski definition) is 0. The summed E-state index contributed by atoms with van der Waals surface area (Å²) in [4.78, 5) is 0. The Labute approximate surface area is 76.3 Å². The van der Waals surface area contributed by atoms with Crippen molar-refractivity contribution in [3.63, 3.8) is 0 Å². The Kier molecular flexibility index (Phi) is 438. The minimum Gasteiger partial charge on any atom is -0.147 e. The summed E-state index contributed by atoms with van der Waals surface area (Å²) < 4.78 is 0. The number of hydrogen-bond donors (Lipinski definition) is 0. The van der Waals surface area contributed by atoms with E-state index >= 15 is 0 Å². The first-order chi connectivity index (χ1) is 0. The van der Waals surface area contributed by atoms with Gasteiger partial charge in [0.25, 0.3) is 0 Å². The third kappa shape index (κ3) is 23.4. The number of halogens is 4. The van der Waals surface area contributed by atoms with Gasteiger partial charge in [0, 0.05) is 27.3 Å². The molecular weight excluding hydrogens is 254 g/mol. The number of rotatable bonds is 0. The maximum Gasteiger partial charge on any atom is 0 e. The van der Waals surface area contributed by atoms with Crippen molar-refractivity contribution in [1.29, 1.82) is 0 Å². The predicted octanol–water partition coefficient (Wildman–Crippen LogP) is 1.68. The van der Waals surface area contributed by atoms with E-state index in [0.29, 0.717) is 0 Å². The Morgan fingerprint density at radius 3 is 0.400 bits per heavy atom. The summed E-state index contributed by atoms with van der Waals surface area (Å²) in [5, 5.41) is 0. The molecule has 0 atom stereocenters.